The van der Waals surface area contributed by atoms with Gasteiger partial charge in [0.05, 0.1) is 24.8 Å². The van der Waals surface area contributed by atoms with Gasteiger partial charge in [0.1, 0.15) is 4.90 Å². The second kappa shape index (κ2) is 8.56. The third kappa shape index (κ3) is 5.35. The van der Waals surface area contributed by atoms with Gasteiger partial charge in [-0.2, -0.15) is 0 Å². The summed E-state index contributed by atoms with van der Waals surface area (Å²) in [6.45, 7) is 1.56. The van der Waals surface area contributed by atoms with Gasteiger partial charge in [0.25, 0.3) is 0 Å². The first-order valence-corrected chi connectivity index (χ1v) is 7.92. The molecule has 0 bridgehead atoms. The van der Waals surface area contributed by atoms with Gasteiger partial charge in [-0.1, -0.05) is 17.7 Å². The molecule has 0 radical (unpaired) electrons. The van der Waals surface area contributed by atoms with Crippen LogP contribution >= 0.6 is 11.6 Å². The van der Waals surface area contributed by atoms with Crippen molar-refractivity contribution in [3.05, 3.63) is 28.8 Å². The van der Waals surface area contributed by atoms with Crippen LogP contribution < -0.4 is 10.5 Å². The van der Waals surface area contributed by atoms with Gasteiger partial charge in [0.2, 0.25) is 10.0 Å². The smallest absolute Gasteiger partial charge is 0.242 e. The summed E-state index contributed by atoms with van der Waals surface area (Å²) in [7, 11) is -2.10. The number of ether oxygens (including phenoxy) is 2. The van der Waals surface area contributed by atoms with Crippen LogP contribution in [0.4, 0.5) is 0 Å². The Kier molecular flexibility index (Phi) is 7.42. The third-order valence-electron chi connectivity index (χ3n) is 2.49. The van der Waals surface area contributed by atoms with Gasteiger partial charge < -0.3 is 15.2 Å². The van der Waals surface area contributed by atoms with E-state index >= 15 is 0 Å². The Morgan fingerprint density at radius 2 is 2.05 bits per heavy atom. The molecule has 0 aliphatic heterocycles. The highest BCUT2D eigenvalue weighted by Gasteiger charge is 2.17. The van der Waals surface area contributed by atoms with E-state index in [1.54, 1.807) is 13.2 Å². The van der Waals surface area contributed by atoms with Crippen molar-refractivity contribution in [3.63, 3.8) is 0 Å². The summed E-state index contributed by atoms with van der Waals surface area (Å²) in [6, 6.07) is 4.68. The first-order valence-electron chi connectivity index (χ1n) is 6.06. The van der Waals surface area contributed by atoms with Crippen LogP contribution in [0, 0.1) is 0 Å². The molecule has 0 aliphatic carbocycles. The quantitative estimate of drug-likeness (QED) is 0.654. The molecule has 1 rings (SSSR count). The van der Waals surface area contributed by atoms with Crippen molar-refractivity contribution in [1.29, 1.82) is 0 Å². The van der Waals surface area contributed by atoms with Gasteiger partial charge in [-0.3, -0.25) is 0 Å². The maximum absolute atomic E-state index is 12.1. The van der Waals surface area contributed by atoms with Crippen molar-refractivity contribution < 1.29 is 17.9 Å². The number of halogens is 1. The number of sulfonamides is 1. The molecule has 114 valence electrons. The molecule has 0 aromatic heterocycles. The summed E-state index contributed by atoms with van der Waals surface area (Å²) >= 11 is 5.91. The van der Waals surface area contributed by atoms with E-state index < -0.39 is 10.0 Å². The van der Waals surface area contributed by atoms with E-state index in [0.29, 0.717) is 18.8 Å². The Morgan fingerprint density at radius 3 is 2.70 bits per heavy atom. The van der Waals surface area contributed by atoms with E-state index in [0.717, 1.165) is 0 Å². The molecule has 6 nitrogen and oxygen atoms in total. The van der Waals surface area contributed by atoms with Crippen LogP contribution in [0.25, 0.3) is 0 Å². The lowest BCUT2D eigenvalue weighted by molar-refractivity contribution is 0.0736. The zero-order valence-electron chi connectivity index (χ0n) is 11.3. The van der Waals surface area contributed by atoms with Gasteiger partial charge in [0.15, 0.2) is 0 Å². The summed E-state index contributed by atoms with van der Waals surface area (Å²) in [5, 5.41) is 0.162. The van der Waals surface area contributed by atoms with Crippen LogP contribution in [-0.4, -0.2) is 41.9 Å². The minimum atomic E-state index is -3.67. The van der Waals surface area contributed by atoms with E-state index in [4.69, 9.17) is 26.8 Å². The van der Waals surface area contributed by atoms with Crippen LogP contribution in [0.5, 0.6) is 0 Å². The lowest BCUT2D eigenvalue weighted by Crippen LogP contribution is -2.28. The van der Waals surface area contributed by atoms with Crippen LogP contribution in [0.1, 0.15) is 5.56 Å². The number of nitrogens with one attached hydrogen (secondary N) is 1. The summed E-state index contributed by atoms with van der Waals surface area (Å²) < 4.78 is 36.6. The molecule has 1 aromatic rings. The molecule has 0 aliphatic rings. The van der Waals surface area contributed by atoms with E-state index in [9.17, 15) is 8.42 Å². The number of rotatable bonds is 9. The summed E-state index contributed by atoms with van der Waals surface area (Å²) in [5.41, 5.74) is 6.19. The summed E-state index contributed by atoms with van der Waals surface area (Å²) in [4.78, 5) is 0.0269. The molecule has 0 fully saturated rings. The van der Waals surface area contributed by atoms with Gasteiger partial charge in [-0.15, -0.1) is 0 Å². The molecule has 0 unspecified atom stereocenters. The molecule has 1 aromatic carbocycles. The largest absolute Gasteiger partial charge is 0.382 e. The highest BCUT2D eigenvalue weighted by atomic mass is 35.5. The first kappa shape index (κ1) is 17.4. The maximum Gasteiger partial charge on any atom is 0.242 e. The normalized spacial score (nSPS) is 11.8. The Morgan fingerprint density at radius 1 is 1.30 bits per heavy atom. The molecule has 3 N–H and O–H groups in total. The molecule has 8 heteroatoms. The molecule has 0 amide bonds. The molecule has 0 saturated carbocycles. The van der Waals surface area contributed by atoms with Gasteiger partial charge in [-0.05, 0) is 17.7 Å². The molecule has 20 heavy (non-hydrogen) atoms. The van der Waals surface area contributed by atoms with Crippen molar-refractivity contribution in [2.45, 2.75) is 11.4 Å². The van der Waals surface area contributed by atoms with Crippen LogP contribution in [0.15, 0.2) is 23.1 Å². The number of hydrogen-bond donors (Lipinski definition) is 2. The van der Waals surface area contributed by atoms with Crippen molar-refractivity contribution >= 4 is 21.6 Å². The van der Waals surface area contributed by atoms with Crippen LogP contribution in [0.2, 0.25) is 5.02 Å². The minimum absolute atomic E-state index is 0.0269. The average molecular weight is 323 g/mol. The molecule has 0 atom stereocenters. The average Bonchev–Trinajstić information content (AvgIpc) is 2.43. The lowest BCUT2D eigenvalue weighted by atomic mass is 10.2. The number of benzene rings is 1. The Hall–Kier alpha value is -0.700. The predicted molar refractivity (Wildman–Crippen MR) is 77.2 cm³/mol. The molecule has 0 spiro atoms. The number of hydrogen-bond acceptors (Lipinski definition) is 5. The summed E-state index contributed by atoms with van der Waals surface area (Å²) in [6.07, 6.45) is 0. The second-order valence-electron chi connectivity index (χ2n) is 3.97. The summed E-state index contributed by atoms with van der Waals surface area (Å²) in [5.74, 6) is 0. The van der Waals surface area contributed by atoms with Crippen LogP contribution in [0.3, 0.4) is 0 Å². The monoisotopic (exact) mass is 322 g/mol. The van der Waals surface area contributed by atoms with E-state index in [1.165, 1.54) is 12.1 Å². The first-order chi connectivity index (χ1) is 9.51. The zero-order chi connectivity index (χ0) is 15.0. The topological polar surface area (TPSA) is 90.6 Å². The second-order valence-corrected chi connectivity index (χ2v) is 6.11. The van der Waals surface area contributed by atoms with Gasteiger partial charge >= 0.3 is 0 Å². The fourth-order valence-electron chi connectivity index (χ4n) is 1.45. The van der Waals surface area contributed by atoms with Gasteiger partial charge in [-0.25, -0.2) is 13.1 Å². The number of nitrogens with two attached hydrogens (primary N) is 1. The van der Waals surface area contributed by atoms with Gasteiger partial charge in [0, 0.05) is 20.2 Å². The fourth-order valence-corrected chi connectivity index (χ4v) is 3.01. The standard InChI is InChI=1S/C12H19ClN2O4S/c1-18-6-7-19-5-4-15-20(16,17)12-8-10(9-14)2-3-11(12)13/h2-3,8,15H,4-7,9,14H2,1H3. The van der Waals surface area contributed by atoms with Crippen molar-refractivity contribution in [3.8, 4) is 0 Å². The van der Waals surface area contributed by atoms with Crippen molar-refractivity contribution in [2.24, 2.45) is 5.73 Å². The van der Waals surface area contributed by atoms with E-state index in [2.05, 4.69) is 4.72 Å². The van der Waals surface area contributed by atoms with Crippen LogP contribution in [-0.2, 0) is 26.0 Å². The minimum Gasteiger partial charge on any atom is -0.382 e. The molecular weight excluding hydrogens is 304 g/mol. The van der Waals surface area contributed by atoms with E-state index in [-0.39, 0.29) is 29.6 Å². The highest BCUT2D eigenvalue weighted by molar-refractivity contribution is 7.89. The fraction of sp³-hybridized carbons (Fsp3) is 0.500. The Bertz CT molecular complexity index is 522. The molecule has 0 heterocycles. The Labute approximate surface area is 124 Å². The maximum atomic E-state index is 12.1. The molecular formula is C12H19ClN2O4S. The SMILES string of the molecule is COCCOCCNS(=O)(=O)c1cc(CN)ccc1Cl. The molecule has 0 saturated heterocycles. The number of methoxy groups -OCH3 is 1. The highest BCUT2D eigenvalue weighted by Crippen LogP contribution is 2.22. The predicted octanol–water partition coefficient (Wildman–Crippen LogP) is 0.740. The van der Waals surface area contributed by atoms with Crippen molar-refractivity contribution in [1.82, 2.24) is 4.72 Å². The van der Waals surface area contributed by atoms with Crippen molar-refractivity contribution in [2.75, 3.05) is 33.5 Å². The third-order valence-corrected chi connectivity index (χ3v) is 4.43. The Balaban J connectivity index is 2.60. The van der Waals surface area contributed by atoms with E-state index in [1.807, 2.05) is 0 Å². The lowest BCUT2D eigenvalue weighted by Gasteiger charge is -2.10. The zero-order valence-corrected chi connectivity index (χ0v) is 12.8.